The third-order valence-corrected chi connectivity index (χ3v) is 5.08. The number of hydrogen-bond donors (Lipinski definition) is 1. The number of H-pyrrole nitrogens is 1. The molecular formula is C20H25ClN4O2. The molecular weight excluding hydrogens is 364 g/mol. The Morgan fingerprint density at radius 1 is 1.30 bits per heavy atom. The smallest absolute Gasteiger partial charge is 0.170 e. The first-order chi connectivity index (χ1) is 12.8. The Balaban J connectivity index is 0.00000210. The molecule has 0 amide bonds. The van der Waals surface area contributed by atoms with Crippen LogP contribution < -0.4 is 4.74 Å². The van der Waals surface area contributed by atoms with Gasteiger partial charge in [0.1, 0.15) is 5.75 Å². The maximum atomic E-state index is 5.54. The largest absolute Gasteiger partial charge is 0.496 e. The van der Waals surface area contributed by atoms with Gasteiger partial charge in [-0.15, -0.1) is 12.4 Å². The molecule has 1 aromatic carbocycles. The van der Waals surface area contributed by atoms with Crippen molar-refractivity contribution in [2.45, 2.75) is 38.8 Å². The highest BCUT2D eigenvalue weighted by Crippen LogP contribution is 2.37. The first-order valence-electron chi connectivity index (χ1n) is 9.09. The summed E-state index contributed by atoms with van der Waals surface area (Å²) in [6.07, 6.45) is 5.35. The summed E-state index contributed by atoms with van der Waals surface area (Å²) >= 11 is 0. The molecule has 1 unspecified atom stereocenters. The van der Waals surface area contributed by atoms with E-state index in [-0.39, 0.29) is 18.4 Å². The molecule has 1 fully saturated rings. The highest BCUT2D eigenvalue weighted by molar-refractivity contribution is 5.85. The minimum Gasteiger partial charge on any atom is -0.496 e. The second-order valence-electron chi connectivity index (χ2n) is 6.82. The van der Waals surface area contributed by atoms with E-state index in [1.165, 1.54) is 18.4 Å². The molecule has 0 bridgehead atoms. The lowest BCUT2D eigenvalue weighted by Crippen LogP contribution is -2.33. The summed E-state index contributed by atoms with van der Waals surface area (Å²) < 4.78 is 11.0. The number of aryl methyl sites for hydroxylation is 1. The number of para-hydroxylation sites is 1. The molecule has 27 heavy (non-hydrogen) atoms. The standard InChI is InChI=1S/C20H24N4O2.ClH/c1-14-11-19(26-23-14)16-12-21-22-20(16)17-8-5-6-10-24(17)13-15-7-3-4-9-18(15)25-2;/h3-4,7,9,11-12,17H,5-6,8,10,13H2,1-2H3,(H,21,22);1H. The van der Waals surface area contributed by atoms with Gasteiger partial charge in [0, 0.05) is 18.2 Å². The van der Waals surface area contributed by atoms with E-state index < -0.39 is 0 Å². The molecule has 0 saturated carbocycles. The Labute approximate surface area is 165 Å². The number of likely N-dealkylation sites (tertiary alicyclic amines) is 1. The predicted molar refractivity (Wildman–Crippen MR) is 106 cm³/mol. The van der Waals surface area contributed by atoms with Crippen LogP contribution in [0.15, 0.2) is 41.1 Å². The Hall–Kier alpha value is -2.31. The van der Waals surface area contributed by atoms with Crippen LogP contribution in [0.5, 0.6) is 5.75 Å². The van der Waals surface area contributed by atoms with E-state index in [1.54, 1.807) is 7.11 Å². The average Bonchev–Trinajstić information content (AvgIpc) is 3.31. The molecule has 1 atom stereocenters. The number of nitrogens with one attached hydrogen (secondary N) is 1. The lowest BCUT2D eigenvalue weighted by Gasteiger charge is -2.35. The molecule has 0 spiro atoms. The summed E-state index contributed by atoms with van der Waals surface area (Å²) in [7, 11) is 1.73. The first-order valence-corrected chi connectivity index (χ1v) is 9.09. The minimum atomic E-state index is 0. The Bertz CT molecular complexity index is 876. The van der Waals surface area contributed by atoms with E-state index in [1.807, 2.05) is 31.3 Å². The third kappa shape index (κ3) is 4.01. The molecule has 3 aromatic rings. The zero-order valence-electron chi connectivity index (χ0n) is 15.6. The Morgan fingerprint density at radius 2 is 2.15 bits per heavy atom. The summed E-state index contributed by atoms with van der Waals surface area (Å²) in [4.78, 5) is 2.50. The van der Waals surface area contributed by atoms with Gasteiger partial charge in [-0.05, 0) is 32.4 Å². The molecule has 1 aliphatic heterocycles. The van der Waals surface area contributed by atoms with Crippen LogP contribution in [-0.2, 0) is 6.54 Å². The Kier molecular flexibility index (Phi) is 6.19. The number of rotatable bonds is 5. The molecule has 1 N–H and O–H groups in total. The van der Waals surface area contributed by atoms with Crippen molar-refractivity contribution >= 4 is 12.4 Å². The van der Waals surface area contributed by atoms with Crippen molar-refractivity contribution in [2.24, 2.45) is 0 Å². The van der Waals surface area contributed by atoms with Gasteiger partial charge in [0.2, 0.25) is 0 Å². The molecule has 3 heterocycles. The summed E-state index contributed by atoms with van der Waals surface area (Å²) in [5.41, 5.74) is 4.19. The molecule has 1 saturated heterocycles. The van der Waals surface area contributed by atoms with Crippen LogP contribution in [0.1, 0.15) is 42.3 Å². The number of aromatic amines is 1. The van der Waals surface area contributed by atoms with Crippen molar-refractivity contribution in [2.75, 3.05) is 13.7 Å². The van der Waals surface area contributed by atoms with Gasteiger partial charge in [-0.1, -0.05) is 29.8 Å². The van der Waals surface area contributed by atoms with Gasteiger partial charge in [-0.25, -0.2) is 0 Å². The average molecular weight is 389 g/mol. The first kappa shape index (κ1) is 19.5. The van der Waals surface area contributed by atoms with Gasteiger partial charge in [0.05, 0.1) is 36.3 Å². The SMILES string of the molecule is COc1ccccc1CN1CCCCC1c1[nH]ncc1-c1cc(C)no1.Cl. The number of hydrogen-bond acceptors (Lipinski definition) is 5. The second kappa shape index (κ2) is 8.59. The summed E-state index contributed by atoms with van der Waals surface area (Å²) in [5, 5.41) is 11.5. The van der Waals surface area contributed by atoms with E-state index in [0.717, 1.165) is 48.0 Å². The van der Waals surface area contributed by atoms with Crippen LogP contribution in [-0.4, -0.2) is 33.9 Å². The van der Waals surface area contributed by atoms with Crippen LogP contribution in [0, 0.1) is 6.92 Å². The monoisotopic (exact) mass is 388 g/mol. The number of aromatic nitrogens is 3. The molecule has 0 radical (unpaired) electrons. The third-order valence-electron chi connectivity index (χ3n) is 5.08. The number of methoxy groups -OCH3 is 1. The minimum absolute atomic E-state index is 0. The number of ether oxygens (including phenoxy) is 1. The Morgan fingerprint density at radius 3 is 2.93 bits per heavy atom. The van der Waals surface area contributed by atoms with Gasteiger partial charge in [0.15, 0.2) is 5.76 Å². The van der Waals surface area contributed by atoms with Gasteiger partial charge in [-0.3, -0.25) is 10.00 Å². The fourth-order valence-electron chi connectivity index (χ4n) is 3.80. The number of halogens is 1. The van der Waals surface area contributed by atoms with Crippen molar-refractivity contribution < 1.29 is 9.26 Å². The quantitative estimate of drug-likeness (QED) is 0.695. The van der Waals surface area contributed by atoms with Crippen LogP contribution in [0.4, 0.5) is 0 Å². The maximum Gasteiger partial charge on any atom is 0.170 e. The van der Waals surface area contributed by atoms with Crippen molar-refractivity contribution in [3.8, 4) is 17.1 Å². The van der Waals surface area contributed by atoms with Crippen LogP contribution >= 0.6 is 12.4 Å². The summed E-state index contributed by atoms with van der Waals surface area (Å²) in [6.45, 7) is 3.83. The van der Waals surface area contributed by atoms with Crippen molar-refractivity contribution in [1.29, 1.82) is 0 Å². The topological polar surface area (TPSA) is 67.2 Å². The highest BCUT2D eigenvalue weighted by Gasteiger charge is 2.29. The number of nitrogens with zero attached hydrogens (tertiary/aromatic N) is 3. The number of benzene rings is 1. The lowest BCUT2D eigenvalue weighted by atomic mass is 9.95. The number of piperidine rings is 1. The van der Waals surface area contributed by atoms with Gasteiger partial charge < -0.3 is 9.26 Å². The normalized spacial score (nSPS) is 17.5. The molecule has 0 aliphatic carbocycles. The summed E-state index contributed by atoms with van der Waals surface area (Å²) in [5.74, 6) is 1.71. The van der Waals surface area contributed by atoms with E-state index in [0.29, 0.717) is 0 Å². The van der Waals surface area contributed by atoms with Crippen molar-refractivity contribution in [1.82, 2.24) is 20.3 Å². The molecule has 144 valence electrons. The molecule has 4 rings (SSSR count). The van der Waals surface area contributed by atoms with Crippen molar-refractivity contribution in [3.05, 3.63) is 53.5 Å². The predicted octanol–water partition coefficient (Wildman–Crippen LogP) is 4.53. The van der Waals surface area contributed by atoms with E-state index in [9.17, 15) is 0 Å². The van der Waals surface area contributed by atoms with Crippen LogP contribution in [0.25, 0.3) is 11.3 Å². The van der Waals surface area contributed by atoms with Gasteiger partial charge in [-0.2, -0.15) is 5.10 Å². The van der Waals surface area contributed by atoms with Gasteiger partial charge >= 0.3 is 0 Å². The molecule has 7 heteroatoms. The van der Waals surface area contributed by atoms with E-state index in [4.69, 9.17) is 9.26 Å². The lowest BCUT2D eigenvalue weighted by molar-refractivity contribution is 0.136. The van der Waals surface area contributed by atoms with Gasteiger partial charge in [0.25, 0.3) is 0 Å². The van der Waals surface area contributed by atoms with E-state index in [2.05, 4.69) is 32.4 Å². The molecule has 6 nitrogen and oxygen atoms in total. The van der Waals surface area contributed by atoms with Crippen LogP contribution in [0.2, 0.25) is 0 Å². The van der Waals surface area contributed by atoms with Crippen LogP contribution in [0.3, 0.4) is 0 Å². The fourth-order valence-corrected chi connectivity index (χ4v) is 3.80. The van der Waals surface area contributed by atoms with E-state index >= 15 is 0 Å². The summed E-state index contributed by atoms with van der Waals surface area (Å²) in [6, 6.07) is 10.5. The zero-order chi connectivity index (χ0) is 17.9. The highest BCUT2D eigenvalue weighted by atomic mass is 35.5. The second-order valence-corrected chi connectivity index (χ2v) is 6.82. The molecule has 1 aliphatic rings. The zero-order valence-corrected chi connectivity index (χ0v) is 16.5. The fraction of sp³-hybridized carbons (Fsp3) is 0.400. The maximum absolute atomic E-state index is 5.54. The molecule has 2 aromatic heterocycles. The van der Waals surface area contributed by atoms with Crippen molar-refractivity contribution in [3.63, 3.8) is 0 Å².